The second-order valence-corrected chi connectivity index (χ2v) is 5.00. The Labute approximate surface area is 123 Å². The van der Waals surface area contributed by atoms with Crippen molar-refractivity contribution in [1.82, 2.24) is 5.32 Å². The van der Waals surface area contributed by atoms with Gasteiger partial charge in [-0.15, -0.1) is 0 Å². The number of nitrogens with one attached hydrogen (secondary N) is 1. The maximum Gasteiger partial charge on any atom is 0.130 e. The van der Waals surface area contributed by atoms with E-state index in [1.807, 2.05) is 26.0 Å². The molecule has 0 spiro atoms. The van der Waals surface area contributed by atoms with Crippen LogP contribution in [0, 0.1) is 12.7 Å². The van der Waals surface area contributed by atoms with Crippen molar-refractivity contribution in [3.05, 3.63) is 58.4 Å². The van der Waals surface area contributed by atoms with Gasteiger partial charge in [-0.2, -0.15) is 0 Å². The molecule has 1 N–H and O–H groups in total. The van der Waals surface area contributed by atoms with E-state index in [-0.39, 0.29) is 5.82 Å². The molecule has 2 rings (SSSR count). The molecule has 0 fully saturated rings. The summed E-state index contributed by atoms with van der Waals surface area (Å²) in [5.74, 6) is 0.826. The summed E-state index contributed by atoms with van der Waals surface area (Å²) in [4.78, 5) is 0. The van der Waals surface area contributed by atoms with Crippen molar-refractivity contribution in [2.24, 2.45) is 0 Å². The highest BCUT2D eigenvalue weighted by Gasteiger charge is 2.04. The van der Waals surface area contributed by atoms with E-state index < -0.39 is 0 Å². The molecule has 2 aromatic carbocycles. The predicted molar refractivity (Wildman–Crippen MR) is 80.0 cm³/mol. The number of ether oxygens (including phenoxy) is 1. The van der Waals surface area contributed by atoms with Gasteiger partial charge >= 0.3 is 0 Å². The second kappa shape index (κ2) is 6.73. The number of halogens is 2. The zero-order valence-corrected chi connectivity index (χ0v) is 12.3. The van der Waals surface area contributed by atoms with Crippen LogP contribution in [0.25, 0.3) is 0 Å². The Bertz CT molecular complexity index is 601. The lowest BCUT2D eigenvalue weighted by Crippen LogP contribution is -2.11. The lowest BCUT2D eigenvalue weighted by atomic mass is 10.2. The summed E-state index contributed by atoms with van der Waals surface area (Å²) in [6, 6.07) is 10.1. The van der Waals surface area contributed by atoms with Crippen LogP contribution < -0.4 is 10.1 Å². The third-order valence-electron chi connectivity index (χ3n) is 2.88. The molecule has 0 aliphatic carbocycles. The van der Waals surface area contributed by atoms with Gasteiger partial charge in [0.05, 0.1) is 0 Å². The van der Waals surface area contributed by atoms with Gasteiger partial charge in [-0.3, -0.25) is 0 Å². The molecule has 0 unspecified atom stereocenters. The summed E-state index contributed by atoms with van der Waals surface area (Å²) in [5.41, 5.74) is 1.78. The number of benzene rings is 2. The second-order valence-electron chi connectivity index (χ2n) is 4.59. The van der Waals surface area contributed by atoms with Crippen molar-refractivity contribution >= 4 is 11.6 Å². The van der Waals surface area contributed by atoms with Gasteiger partial charge < -0.3 is 10.1 Å². The summed E-state index contributed by atoms with van der Waals surface area (Å²) in [7, 11) is 0. The van der Waals surface area contributed by atoms with Crippen molar-refractivity contribution in [2.75, 3.05) is 6.54 Å². The molecule has 0 aromatic heterocycles. The Morgan fingerprint density at radius 3 is 2.65 bits per heavy atom. The summed E-state index contributed by atoms with van der Waals surface area (Å²) < 4.78 is 19.3. The Kier molecular flexibility index (Phi) is 4.99. The molecule has 0 aliphatic rings. The number of hydrogen-bond donors (Lipinski definition) is 1. The van der Waals surface area contributed by atoms with E-state index in [9.17, 15) is 4.39 Å². The molecule has 0 saturated carbocycles. The first kappa shape index (κ1) is 14.8. The highest BCUT2D eigenvalue weighted by molar-refractivity contribution is 6.31. The average Bonchev–Trinajstić information content (AvgIpc) is 2.40. The third-order valence-corrected chi connectivity index (χ3v) is 3.30. The Balaban J connectivity index is 2.19. The van der Waals surface area contributed by atoms with Crippen LogP contribution >= 0.6 is 11.6 Å². The fourth-order valence-electron chi connectivity index (χ4n) is 1.87. The number of aryl methyl sites for hydroxylation is 1. The summed E-state index contributed by atoms with van der Waals surface area (Å²) in [5, 5.41) is 3.84. The van der Waals surface area contributed by atoms with Crippen molar-refractivity contribution in [2.45, 2.75) is 20.4 Å². The largest absolute Gasteiger partial charge is 0.457 e. The van der Waals surface area contributed by atoms with E-state index in [4.69, 9.17) is 16.3 Å². The predicted octanol–water partition coefficient (Wildman–Crippen LogP) is 4.69. The molecule has 20 heavy (non-hydrogen) atoms. The van der Waals surface area contributed by atoms with E-state index in [2.05, 4.69) is 5.32 Å². The minimum Gasteiger partial charge on any atom is -0.457 e. The van der Waals surface area contributed by atoms with Crippen LogP contribution in [0.3, 0.4) is 0 Å². The molecule has 2 nitrogen and oxygen atoms in total. The first-order valence-electron chi connectivity index (χ1n) is 6.52. The Hall–Kier alpha value is -1.58. The van der Waals surface area contributed by atoms with E-state index in [1.54, 1.807) is 12.1 Å². The SMILES string of the molecule is CCNCc1cc(F)cc(Oc2ccc(Cl)c(C)c2)c1. The normalized spacial score (nSPS) is 10.6. The van der Waals surface area contributed by atoms with Crippen LogP contribution in [0.5, 0.6) is 11.5 Å². The molecule has 0 atom stereocenters. The summed E-state index contributed by atoms with van der Waals surface area (Å²) in [6.07, 6.45) is 0. The molecule has 0 bridgehead atoms. The summed E-state index contributed by atoms with van der Waals surface area (Å²) in [6.45, 7) is 5.36. The molecule has 2 aromatic rings. The quantitative estimate of drug-likeness (QED) is 0.863. The smallest absolute Gasteiger partial charge is 0.130 e. The van der Waals surface area contributed by atoms with Gasteiger partial charge in [-0.1, -0.05) is 18.5 Å². The lowest BCUT2D eigenvalue weighted by Gasteiger charge is -2.10. The molecule has 0 radical (unpaired) electrons. The summed E-state index contributed by atoms with van der Waals surface area (Å²) >= 11 is 5.97. The fraction of sp³-hybridized carbons (Fsp3) is 0.250. The topological polar surface area (TPSA) is 21.3 Å². The monoisotopic (exact) mass is 293 g/mol. The van der Waals surface area contributed by atoms with Gasteiger partial charge in [0.2, 0.25) is 0 Å². The first-order valence-corrected chi connectivity index (χ1v) is 6.90. The fourth-order valence-corrected chi connectivity index (χ4v) is 1.99. The number of hydrogen-bond acceptors (Lipinski definition) is 2. The standard InChI is InChI=1S/C16H17ClFNO/c1-3-19-10-12-7-13(18)9-15(8-12)20-14-4-5-16(17)11(2)6-14/h4-9,19H,3,10H2,1-2H3. The van der Waals surface area contributed by atoms with Gasteiger partial charge in [-0.25, -0.2) is 4.39 Å². The minimum atomic E-state index is -0.305. The molecule has 4 heteroatoms. The van der Waals surface area contributed by atoms with E-state index in [0.29, 0.717) is 23.1 Å². The third kappa shape index (κ3) is 3.95. The van der Waals surface area contributed by atoms with Gasteiger partial charge in [0.15, 0.2) is 0 Å². The molecule has 0 amide bonds. The van der Waals surface area contributed by atoms with Crippen molar-refractivity contribution in [1.29, 1.82) is 0 Å². The molecule has 0 aliphatic heterocycles. The average molecular weight is 294 g/mol. The number of rotatable bonds is 5. The first-order chi connectivity index (χ1) is 9.58. The molecule has 0 heterocycles. The highest BCUT2D eigenvalue weighted by Crippen LogP contribution is 2.27. The van der Waals surface area contributed by atoms with E-state index in [0.717, 1.165) is 17.7 Å². The Morgan fingerprint density at radius 2 is 1.95 bits per heavy atom. The lowest BCUT2D eigenvalue weighted by molar-refractivity contribution is 0.475. The molecular formula is C16H17ClFNO. The van der Waals surface area contributed by atoms with Crippen LogP contribution in [0.1, 0.15) is 18.1 Å². The van der Waals surface area contributed by atoms with Crippen LogP contribution in [0.15, 0.2) is 36.4 Å². The van der Waals surface area contributed by atoms with Crippen LogP contribution in [-0.2, 0) is 6.54 Å². The zero-order valence-electron chi connectivity index (χ0n) is 11.5. The Morgan fingerprint density at radius 1 is 1.15 bits per heavy atom. The zero-order chi connectivity index (χ0) is 14.5. The van der Waals surface area contributed by atoms with Crippen molar-refractivity contribution < 1.29 is 9.13 Å². The van der Waals surface area contributed by atoms with Crippen LogP contribution in [0.2, 0.25) is 5.02 Å². The maximum atomic E-state index is 13.6. The van der Waals surface area contributed by atoms with Gasteiger partial charge in [-0.05, 0) is 54.9 Å². The molecule has 106 valence electrons. The van der Waals surface area contributed by atoms with Crippen LogP contribution in [0.4, 0.5) is 4.39 Å². The maximum absolute atomic E-state index is 13.6. The molecular weight excluding hydrogens is 277 g/mol. The minimum absolute atomic E-state index is 0.305. The van der Waals surface area contributed by atoms with Crippen molar-refractivity contribution in [3.63, 3.8) is 0 Å². The van der Waals surface area contributed by atoms with Gasteiger partial charge in [0.25, 0.3) is 0 Å². The van der Waals surface area contributed by atoms with Gasteiger partial charge in [0, 0.05) is 17.6 Å². The van der Waals surface area contributed by atoms with E-state index in [1.165, 1.54) is 12.1 Å². The van der Waals surface area contributed by atoms with Crippen molar-refractivity contribution in [3.8, 4) is 11.5 Å². The molecule has 0 saturated heterocycles. The van der Waals surface area contributed by atoms with E-state index >= 15 is 0 Å². The van der Waals surface area contributed by atoms with Gasteiger partial charge in [0.1, 0.15) is 17.3 Å². The highest BCUT2D eigenvalue weighted by atomic mass is 35.5. The van der Waals surface area contributed by atoms with Crippen LogP contribution in [-0.4, -0.2) is 6.54 Å².